The number of ether oxygens (including phenoxy) is 1. The Morgan fingerprint density at radius 2 is 2.16 bits per heavy atom. The highest BCUT2D eigenvalue weighted by Gasteiger charge is 2.45. The highest BCUT2D eigenvalue weighted by Crippen LogP contribution is 2.41. The standard InChI is InChI=1S/C19H30N4O2/c1-4-15-12-18(22-13(2)21-15)23-16-8-6-5-7-14(16)11-17(23)19(24)20-9-10-25-3/h12,14,16-17H,4-11H2,1-3H3,(H,20,24)/t14-,16-,17-/m0/s1. The third kappa shape index (κ3) is 3.94. The third-order valence-corrected chi connectivity index (χ3v) is 5.50. The van der Waals surface area contributed by atoms with Crippen molar-refractivity contribution in [1.29, 1.82) is 0 Å². The van der Waals surface area contributed by atoms with E-state index in [9.17, 15) is 4.79 Å². The van der Waals surface area contributed by atoms with E-state index in [1.165, 1.54) is 19.3 Å². The number of nitrogens with zero attached hydrogens (tertiary/aromatic N) is 3. The van der Waals surface area contributed by atoms with Crippen molar-refractivity contribution in [2.24, 2.45) is 5.92 Å². The van der Waals surface area contributed by atoms with Crippen molar-refractivity contribution in [1.82, 2.24) is 15.3 Å². The summed E-state index contributed by atoms with van der Waals surface area (Å²) < 4.78 is 5.06. The summed E-state index contributed by atoms with van der Waals surface area (Å²) in [6.07, 6.45) is 6.68. The van der Waals surface area contributed by atoms with E-state index < -0.39 is 0 Å². The lowest BCUT2D eigenvalue weighted by Gasteiger charge is -2.34. The minimum atomic E-state index is -0.135. The van der Waals surface area contributed by atoms with Gasteiger partial charge in [0.05, 0.1) is 6.61 Å². The molecule has 6 nitrogen and oxygen atoms in total. The molecule has 2 heterocycles. The number of carbonyl (C=O) groups excluding carboxylic acids is 1. The molecule has 2 aliphatic rings. The van der Waals surface area contributed by atoms with Crippen LogP contribution >= 0.6 is 0 Å². The van der Waals surface area contributed by atoms with Crippen LogP contribution in [0.1, 0.15) is 50.5 Å². The van der Waals surface area contributed by atoms with E-state index in [1.807, 2.05) is 6.92 Å². The van der Waals surface area contributed by atoms with Crippen molar-refractivity contribution in [3.63, 3.8) is 0 Å². The fourth-order valence-corrected chi connectivity index (χ4v) is 4.34. The molecule has 0 unspecified atom stereocenters. The molecule has 1 aromatic rings. The number of anilines is 1. The molecule has 1 aliphatic carbocycles. The number of amides is 1. The van der Waals surface area contributed by atoms with E-state index >= 15 is 0 Å². The van der Waals surface area contributed by atoms with E-state index in [-0.39, 0.29) is 11.9 Å². The molecule has 3 atom stereocenters. The summed E-state index contributed by atoms with van der Waals surface area (Å²) in [5.41, 5.74) is 1.04. The largest absolute Gasteiger partial charge is 0.383 e. The van der Waals surface area contributed by atoms with Crippen molar-refractivity contribution in [2.75, 3.05) is 25.2 Å². The minimum absolute atomic E-state index is 0.0979. The number of hydrogen-bond donors (Lipinski definition) is 1. The lowest BCUT2D eigenvalue weighted by molar-refractivity contribution is -0.122. The number of fused-ring (bicyclic) bond motifs is 1. The van der Waals surface area contributed by atoms with Crippen molar-refractivity contribution >= 4 is 11.7 Å². The molecule has 1 aromatic heterocycles. The Kier molecular flexibility index (Phi) is 5.89. The summed E-state index contributed by atoms with van der Waals surface area (Å²) >= 11 is 0. The van der Waals surface area contributed by atoms with Gasteiger partial charge in [-0.1, -0.05) is 19.8 Å². The average Bonchev–Trinajstić information content (AvgIpc) is 3.01. The fourth-order valence-electron chi connectivity index (χ4n) is 4.34. The molecular weight excluding hydrogens is 316 g/mol. The van der Waals surface area contributed by atoms with Gasteiger partial charge >= 0.3 is 0 Å². The number of hydrogen-bond acceptors (Lipinski definition) is 5. The molecule has 25 heavy (non-hydrogen) atoms. The maximum atomic E-state index is 12.8. The van der Waals surface area contributed by atoms with Crippen LogP contribution in [0.4, 0.5) is 5.82 Å². The van der Waals surface area contributed by atoms with Crippen LogP contribution in [-0.2, 0) is 16.0 Å². The number of methoxy groups -OCH3 is 1. The topological polar surface area (TPSA) is 67.4 Å². The molecule has 0 radical (unpaired) electrons. The molecule has 0 aromatic carbocycles. The van der Waals surface area contributed by atoms with Crippen LogP contribution in [0.5, 0.6) is 0 Å². The smallest absolute Gasteiger partial charge is 0.242 e. The van der Waals surface area contributed by atoms with Gasteiger partial charge in [-0.2, -0.15) is 0 Å². The molecule has 6 heteroatoms. The average molecular weight is 346 g/mol. The molecule has 138 valence electrons. The Labute approximate surface area is 150 Å². The number of nitrogens with one attached hydrogen (secondary N) is 1. The monoisotopic (exact) mass is 346 g/mol. The van der Waals surface area contributed by atoms with Gasteiger partial charge < -0.3 is 15.0 Å². The van der Waals surface area contributed by atoms with Crippen LogP contribution in [0.3, 0.4) is 0 Å². The molecule has 0 spiro atoms. The first kappa shape index (κ1) is 18.1. The highest BCUT2D eigenvalue weighted by molar-refractivity contribution is 5.86. The number of aryl methyl sites for hydroxylation is 2. The van der Waals surface area contributed by atoms with E-state index in [2.05, 4.69) is 28.2 Å². The summed E-state index contributed by atoms with van der Waals surface area (Å²) in [5, 5.41) is 3.03. The maximum Gasteiger partial charge on any atom is 0.242 e. The molecule has 2 fully saturated rings. The zero-order valence-corrected chi connectivity index (χ0v) is 15.6. The van der Waals surface area contributed by atoms with Crippen molar-refractivity contribution in [2.45, 2.75) is 64.5 Å². The second kappa shape index (κ2) is 8.13. The normalized spacial score (nSPS) is 25.7. The molecule has 1 N–H and O–H groups in total. The van der Waals surface area contributed by atoms with E-state index in [4.69, 9.17) is 9.72 Å². The predicted molar refractivity (Wildman–Crippen MR) is 97.7 cm³/mol. The summed E-state index contributed by atoms with van der Waals surface area (Å²) in [6, 6.07) is 2.36. The maximum absolute atomic E-state index is 12.8. The lowest BCUT2D eigenvalue weighted by Crippen LogP contribution is -2.48. The Morgan fingerprint density at radius 3 is 2.92 bits per heavy atom. The fraction of sp³-hybridized carbons (Fsp3) is 0.737. The van der Waals surface area contributed by atoms with Gasteiger partial charge in [-0.05, 0) is 38.5 Å². The van der Waals surface area contributed by atoms with Gasteiger partial charge in [0.15, 0.2) is 0 Å². The van der Waals surface area contributed by atoms with Crippen LogP contribution in [0, 0.1) is 12.8 Å². The zero-order chi connectivity index (χ0) is 17.8. The summed E-state index contributed by atoms with van der Waals surface area (Å²) in [5.74, 6) is 2.39. The van der Waals surface area contributed by atoms with Crippen molar-refractivity contribution in [3.05, 3.63) is 17.6 Å². The van der Waals surface area contributed by atoms with Gasteiger partial charge in [-0.3, -0.25) is 4.79 Å². The van der Waals surface area contributed by atoms with E-state index in [1.54, 1.807) is 7.11 Å². The van der Waals surface area contributed by atoms with Crippen molar-refractivity contribution < 1.29 is 9.53 Å². The van der Waals surface area contributed by atoms with Gasteiger partial charge in [-0.15, -0.1) is 0 Å². The molecular formula is C19H30N4O2. The third-order valence-electron chi connectivity index (χ3n) is 5.50. The summed E-state index contributed by atoms with van der Waals surface area (Å²) in [4.78, 5) is 24.3. The molecule has 1 saturated heterocycles. The number of carbonyl (C=O) groups is 1. The first-order valence-corrected chi connectivity index (χ1v) is 9.53. The number of rotatable bonds is 6. The molecule has 1 aliphatic heterocycles. The highest BCUT2D eigenvalue weighted by atomic mass is 16.5. The molecule has 1 saturated carbocycles. The Hall–Kier alpha value is -1.69. The van der Waals surface area contributed by atoms with Crippen LogP contribution in [-0.4, -0.2) is 48.2 Å². The zero-order valence-electron chi connectivity index (χ0n) is 15.6. The molecule has 3 rings (SSSR count). The number of aromatic nitrogens is 2. The second-order valence-electron chi connectivity index (χ2n) is 7.17. The lowest BCUT2D eigenvalue weighted by atomic mass is 9.84. The van der Waals surface area contributed by atoms with Gasteiger partial charge in [0.2, 0.25) is 5.91 Å². The minimum Gasteiger partial charge on any atom is -0.383 e. The van der Waals surface area contributed by atoms with Crippen LogP contribution < -0.4 is 10.2 Å². The van der Waals surface area contributed by atoms with Gasteiger partial charge in [-0.25, -0.2) is 9.97 Å². The SMILES string of the molecule is CCc1cc(N2[C@H](C(=O)NCCOC)C[C@@H]3CCCC[C@@H]32)nc(C)n1. The van der Waals surface area contributed by atoms with E-state index in [0.717, 1.165) is 36.6 Å². The van der Waals surface area contributed by atoms with Crippen LogP contribution in [0.15, 0.2) is 6.07 Å². The summed E-state index contributed by atoms with van der Waals surface area (Å²) in [7, 11) is 1.65. The van der Waals surface area contributed by atoms with Crippen LogP contribution in [0.2, 0.25) is 0 Å². The molecule has 0 bridgehead atoms. The van der Waals surface area contributed by atoms with Gasteiger partial charge in [0, 0.05) is 31.5 Å². The predicted octanol–water partition coefficient (Wildman–Crippen LogP) is 2.25. The summed E-state index contributed by atoms with van der Waals surface area (Å²) in [6.45, 7) is 5.13. The van der Waals surface area contributed by atoms with Gasteiger partial charge in [0.1, 0.15) is 17.7 Å². The van der Waals surface area contributed by atoms with Gasteiger partial charge in [0.25, 0.3) is 0 Å². The van der Waals surface area contributed by atoms with Crippen LogP contribution in [0.25, 0.3) is 0 Å². The Bertz CT molecular complexity index is 607. The Balaban J connectivity index is 1.87. The molecule has 1 amide bonds. The first-order valence-electron chi connectivity index (χ1n) is 9.53. The quantitative estimate of drug-likeness (QED) is 0.800. The van der Waals surface area contributed by atoms with Crippen molar-refractivity contribution in [3.8, 4) is 0 Å². The van der Waals surface area contributed by atoms with E-state index in [0.29, 0.717) is 25.1 Å². The first-order chi connectivity index (χ1) is 12.1. The Morgan fingerprint density at radius 1 is 1.36 bits per heavy atom. The second-order valence-corrected chi connectivity index (χ2v) is 7.17.